The molecule has 6 rings (SSSR count). The van der Waals surface area contributed by atoms with Crippen LogP contribution in [0, 0.1) is 12.8 Å². The van der Waals surface area contributed by atoms with Crippen LogP contribution >= 0.6 is 11.3 Å². The molecule has 3 aliphatic rings. The zero-order valence-corrected chi connectivity index (χ0v) is 17.9. The Morgan fingerprint density at radius 3 is 2.87 bits per heavy atom. The predicted octanol–water partition coefficient (Wildman–Crippen LogP) is 4.50. The average molecular weight is 432 g/mol. The summed E-state index contributed by atoms with van der Waals surface area (Å²) >= 11 is 1.46. The minimum atomic E-state index is -0.562. The van der Waals surface area contributed by atoms with Crippen molar-refractivity contribution in [3.05, 3.63) is 65.2 Å². The number of carbonyl (C=O) groups excluding carboxylic acids is 2. The SMILES string of the molecule is Cc1ccc2nc(N3C(=O)C4=C(C(=O)C5CCCCC5O4)C3c3cccnc3)sc2c1. The number of hydrogen-bond acceptors (Lipinski definition) is 6. The van der Waals surface area contributed by atoms with Crippen LogP contribution in [0.25, 0.3) is 10.2 Å². The smallest absolute Gasteiger partial charge is 0.296 e. The van der Waals surface area contributed by atoms with E-state index in [9.17, 15) is 9.59 Å². The molecule has 3 atom stereocenters. The molecule has 2 aromatic heterocycles. The molecule has 2 aliphatic heterocycles. The van der Waals surface area contributed by atoms with Gasteiger partial charge in [-0.15, -0.1) is 0 Å². The molecule has 0 saturated heterocycles. The van der Waals surface area contributed by atoms with Crippen LogP contribution < -0.4 is 4.90 Å². The van der Waals surface area contributed by atoms with Crippen molar-refractivity contribution in [2.75, 3.05) is 4.90 Å². The summed E-state index contributed by atoms with van der Waals surface area (Å²) in [6.07, 6.45) is 6.89. The highest BCUT2D eigenvalue weighted by atomic mass is 32.1. The summed E-state index contributed by atoms with van der Waals surface area (Å²) in [5.41, 5.74) is 3.24. The Morgan fingerprint density at radius 2 is 2.03 bits per heavy atom. The van der Waals surface area contributed by atoms with E-state index < -0.39 is 6.04 Å². The number of anilines is 1. The van der Waals surface area contributed by atoms with E-state index in [0.29, 0.717) is 10.7 Å². The van der Waals surface area contributed by atoms with Gasteiger partial charge in [0.15, 0.2) is 16.7 Å². The van der Waals surface area contributed by atoms with Gasteiger partial charge in [-0.3, -0.25) is 19.5 Å². The minimum absolute atomic E-state index is 0.0487. The van der Waals surface area contributed by atoms with Crippen molar-refractivity contribution >= 4 is 38.4 Å². The first-order chi connectivity index (χ1) is 15.1. The second-order valence-corrected chi connectivity index (χ2v) is 9.50. The lowest BCUT2D eigenvalue weighted by Crippen LogP contribution is -2.39. The van der Waals surface area contributed by atoms with Gasteiger partial charge in [-0.25, -0.2) is 4.98 Å². The molecule has 0 spiro atoms. The summed E-state index contributed by atoms with van der Waals surface area (Å²) in [6, 6.07) is 9.22. The molecule has 0 radical (unpaired) electrons. The van der Waals surface area contributed by atoms with Crippen molar-refractivity contribution in [2.45, 2.75) is 44.8 Å². The van der Waals surface area contributed by atoms with Crippen LogP contribution in [0.1, 0.15) is 42.9 Å². The highest BCUT2D eigenvalue weighted by molar-refractivity contribution is 7.22. The van der Waals surface area contributed by atoms with Crippen molar-refractivity contribution in [3.8, 4) is 0 Å². The standard InChI is InChI=1S/C24H21N3O3S/c1-13-8-9-16-18(11-13)31-24(26-16)27-20(14-5-4-10-25-12-14)19-21(28)15-6-2-3-7-17(15)30-22(19)23(27)29/h4-5,8-12,15,17,20H,2-3,6-7H2,1H3. The second-order valence-electron chi connectivity index (χ2n) is 8.49. The zero-order chi connectivity index (χ0) is 21.1. The molecule has 3 aromatic rings. The number of ether oxygens (including phenoxy) is 1. The molecule has 1 aliphatic carbocycles. The Kier molecular flexibility index (Phi) is 4.21. The molecule has 4 heterocycles. The number of amides is 1. The van der Waals surface area contributed by atoms with Gasteiger partial charge in [-0.1, -0.05) is 29.9 Å². The molecule has 1 saturated carbocycles. The average Bonchev–Trinajstić information content (AvgIpc) is 3.33. The number of thiazole rings is 1. The van der Waals surface area contributed by atoms with E-state index in [1.54, 1.807) is 17.3 Å². The molecule has 31 heavy (non-hydrogen) atoms. The molecule has 156 valence electrons. The normalized spacial score (nSPS) is 25.6. The van der Waals surface area contributed by atoms with E-state index in [4.69, 9.17) is 9.72 Å². The fourth-order valence-corrected chi connectivity index (χ4v) is 6.11. The third-order valence-corrected chi connectivity index (χ3v) is 7.52. The number of pyridine rings is 1. The zero-order valence-electron chi connectivity index (χ0n) is 17.1. The fourth-order valence-electron chi connectivity index (χ4n) is 5.02. The Labute approximate surface area is 183 Å². The number of ketones is 1. The maximum absolute atomic E-state index is 13.6. The Bertz CT molecular complexity index is 1250. The van der Waals surface area contributed by atoms with Gasteiger partial charge in [0.1, 0.15) is 6.10 Å². The van der Waals surface area contributed by atoms with E-state index in [0.717, 1.165) is 47.0 Å². The third kappa shape index (κ3) is 2.83. The maximum atomic E-state index is 13.6. The van der Waals surface area contributed by atoms with E-state index in [1.807, 2.05) is 31.2 Å². The first kappa shape index (κ1) is 18.7. The van der Waals surface area contributed by atoms with E-state index in [1.165, 1.54) is 11.3 Å². The molecule has 0 N–H and O–H groups in total. The quantitative estimate of drug-likeness (QED) is 0.597. The number of Topliss-reactive ketones (excluding diaryl/α,β-unsaturated/α-hetero) is 1. The van der Waals surface area contributed by atoms with Crippen LogP contribution in [0.4, 0.5) is 5.13 Å². The Morgan fingerprint density at radius 1 is 1.16 bits per heavy atom. The van der Waals surface area contributed by atoms with Gasteiger partial charge >= 0.3 is 0 Å². The predicted molar refractivity (Wildman–Crippen MR) is 118 cm³/mol. The molecule has 1 aromatic carbocycles. The molecule has 6 nitrogen and oxygen atoms in total. The molecule has 1 amide bonds. The highest BCUT2D eigenvalue weighted by Gasteiger charge is 2.53. The monoisotopic (exact) mass is 431 g/mol. The summed E-state index contributed by atoms with van der Waals surface area (Å²) < 4.78 is 7.23. The van der Waals surface area contributed by atoms with Gasteiger partial charge in [0.05, 0.1) is 27.7 Å². The van der Waals surface area contributed by atoms with Gasteiger partial charge in [0, 0.05) is 12.4 Å². The van der Waals surface area contributed by atoms with Crippen LogP contribution in [0.5, 0.6) is 0 Å². The van der Waals surface area contributed by atoms with Crippen molar-refractivity contribution in [3.63, 3.8) is 0 Å². The number of aryl methyl sites for hydroxylation is 1. The summed E-state index contributed by atoms with van der Waals surface area (Å²) in [7, 11) is 0. The van der Waals surface area contributed by atoms with Gasteiger partial charge in [0.2, 0.25) is 0 Å². The first-order valence-corrected chi connectivity index (χ1v) is 11.5. The summed E-state index contributed by atoms with van der Waals surface area (Å²) in [5, 5.41) is 0.577. The van der Waals surface area contributed by atoms with Crippen molar-refractivity contribution in [2.24, 2.45) is 5.92 Å². The molecular formula is C24H21N3O3S. The molecule has 0 bridgehead atoms. The summed E-state index contributed by atoms with van der Waals surface area (Å²) in [4.78, 5) is 37.9. The van der Waals surface area contributed by atoms with Crippen LogP contribution in [0.2, 0.25) is 0 Å². The van der Waals surface area contributed by atoms with E-state index >= 15 is 0 Å². The molecule has 3 unspecified atom stereocenters. The number of hydrogen-bond donors (Lipinski definition) is 0. The lowest BCUT2D eigenvalue weighted by molar-refractivity contribution is -0.131. The van der Waals surface area contributed by atoms with Crippen LogP contribution in [0.15, 0.2) is 54.1 Å². The summed E-state index contributed by atoms with van der Waals surface area (Å²) in [5.74, 6) is -0.195. The van der Waals surface area contributed by atoms with Crippen LogP contribution in [0.3, 0.4) is 0 Å². The Hall–Kier alpha value is -3.06. The summed E-state index contributed by atoms with van der Waals surface area (Å²) in [6.45, 7) is 2.03. The number of carbonyl (C=O) groups is 2. The van der Waals surface area contributed by atoms with Gasteiger partial charge in [-0.2, -0.15) is 0 Å². The maximum Gasteiger partial charge on any atom is 0.296 e. The second kappa shape index (κ2) is 6.99. The van der Waals surface area contributed by atoms with Crippen molar-refractivity contribution < 1.29 is 14.3 Å². The minimum Gasteiger partial charge on any atom is -0.483 e. The third-order valence-electron chi connectivity index (χ3n) is 6.50. The molecular weight excluding hydrogens is 410 g/mol. The Balaban J connectivity index is 1.51. The van der Waals surface area contributed by atoms with E-state index in [-0.39, 0.29) is 29.5 Å². The van der Waals surface area contributed by atoms with Gasteiger partial charge < -0.3 is 4.74 Å². The number of nitrogens with zero attached hydrogens (tertiary/aromatic N) is 3. The van der Waals surface area contributed by atoms with Gasteiger partial charge in [-0.05, 0) is 55.5 Å². The van der Waals surface area contributed by atoms with Crippen LogP contribution in [-0.4, -0.2) is 27.8 Å². The lowest BCUT2D eigenvalue weighted by atomic mass is 9.78. The van der Waals surface area contributed by atoms with Crippen LogP contribution in [-0.2, 0) is 14.3 Å². The molecule has 1 fully saturated rings. The topological polar surface area (TPSA) is 72.4 Å². The number of aromatic nitrogens is 2. The lowest BCUT2D eigenvalue weighted by Gasteiger charge is -2.35. The first-order valence-electron chi connectivity index (χ1n) is 10.7. The number of fused-ring (bicyclic) bond motifs is 2. The molecule has 7 heteroatoms. The van der Waals surface area contributed by atoms with Gasteiger partial charge in [0.25, 0.3) is 5.91 Å². The number of benzene rings is 1. The van der Waals surface area contributed by atoms with E-state index in [2.05, 4.69) is 11.1 Å². The largest absolute Gasteiger partial charge is 0.483 e. The fraction of sp³-hybridized carbons (Fsp3) is 0.333. The van der Waals surface area contributed by atoms with Crippen molar-refractivity contribution in [1.82, 2.24) is 9.97 Å². The number of rotatable bonds is 2. The highest BCUT2D eigenvalue weighted by Crippen LogP contribution is 2.49. The van der Waals surface area contributed by atoms with Crippen molar-refractivity contribution in [1.29, 1.82) is 0 Å².